The summed E-state index contributed by atoms with van der Waals surface area (Å²) < 4.78 is 5.87. The Labute approximate surface area is 113 Å². The van der Waals surface area contributed by atoms with Crippen molar-refractivity contribution in [1.82, 2.24) is 0 Å². The van der Waals surface area contributed by atoms with Crippen molar-refractivity contribution in [2.24, 2.45) is 0 Å². The molecule has 2 nitrogen and oxygen atoms in total. The lowest BCUT2D eigenvalue weighted by Gasteiger charge is -2.22. The van der Waals surface area contributed by atoms with E-state index in [4.69, 9.17) is 4.74 Å². The van der Waals surface area contributed by atoms with Gasteiger partial charge in [0.25, 0.3) is 0 Å². The number of allylic oxidation sites excluding steroid dienone is 2. The minimum absolute atomic E-state index is 0.418. The van der Waals surface area contributed by atoms with E-state index in [1.54, 1.807) is 0 Å². The predicted octanol–water partition coefficient (Wildman–Crippen LogP) is 3.99. The van der Waals surface area contributed by atoms with Crippen LogP contribution < -0.4 is 4.74 Å². The SMILES string of the molecule is CCOc1c2c(c(O)c3ccccc13)CC(C)=CC2. The van der Waals surface area contributed by atoms with Crippen molar-refractivity contribution >= 4 is 10.8 Å². The zero-order valence-corrected chi connectivity index (χ0v) is 11.4. The largest absolute Gasteiger partial charge is 0.507 e. The van der Waals surface area contributed by atoms with Crippen molar-refractivity contribution in [2.45, 2.75) is 26.7 Å². The highest BCUT2D eigenvalue weighted by molar-refractivity contribution is 5.96. The van der Waals surface area contributed by atoms with Gasteiger partial charge < -0.3 is 9.84 Å². The molecule has 2 aromatic carbocycles. The molecular weight excluding hydrogens is 236 g/mol. The van der Waals surface area contributed by atoms with E-state index in [9.17, 15) is 5.11 Å². The Bertz CT molecular complexity index is 669. The van der Waals surface area contributed by atoms with E-state index in [0.29, 0.717) is 12.4 Å². The summed E-state index contributed by atoms with van der Waals surface area (Å²) in [5.74, 6) is 1.36. The Kier molecular flexibility index (Phi) is 2.94. The lowest BCUT2D eigenvalue weighted by Crippen LogP contribution is -2.06. The van der Waals surface area contributed by atoms with Gasteiger partial charge in [0.05, 0.1) is 6.61 Å². The van der Waals surface area contributed by atoms with E-state index in [1.165, 1.54) is 5.57 Å². The van der Waals surface area contributed by atoms with Crippen molar-refractivity contribution in [2.75, 3.05) is 6.61 Å². The van der Waals surface area contributed by atoms with Gasteiger partial charge in [-0.1, -0.05) is 35.9 Å². The van der Waals surface area contributed by atoms with Crippen LogP contribution in [0.25, 0.3) is 10.8 Å². The predicted molar refractivity (Wildman–Crippen MR) is 77.9 cm³/mol. The van der Waals surface area contributed by atoms with Gasteiger partial charge in [-0.3, -0.25) is 0 Å². The summed E-state index contributed by atoms with van der Waals surface area (Å²) in [7, 11) is 0. The zero-order valence-electron chi connectivity index (χ0n) is 11.4. The van der Waals surface area contributed by atoms with Crippen LogP contribution in [0.5, 0.6) is 11.5 Å². The summed E-state index contributed by atoms with van der Waals surface area (Å²) in [6, 6.07) is 7.92. The topological polar surface area (TPSA) is 29.5 Å². The third-order valence-electron chi connectivity index (χ3n) is 3.75. The van der Waals surface area contributed by atoms with Crippen LogP contribution in [-0.4, -0.2) is 11.7 Å². The summed E-state index contributed by atoms with van der Waals surface area (Å²) in [6.45, 7) is 4.75. The molecule has 0 bridgehead atoms. The van der Waals surface area contributed by atoms with E-state index in [-0.39, 0.29) is 0 Å². The number of phenolic OH excluding ortho intramolecular Hbond substituents is 1. The number of phenols is 1. The van der Waals surface area contributed by atoms with Crippen molar-refractivity contribution in [3.05, 3.63) is 47.0 Å². The van der Waals surface area contributed by atoms with Gasteiger partial charge in [0, 0.05) is 21.9 Å². The Hall–Kier alpha value is -1.96. The summed E-state index contributed by atoms with van der Waals surface area (Å²) in [5.41, 5.74) is 3.48. The molecule has 0 unspecified atom stereocenters. The van der Waals surface area contributed by atoms with Crippen molar-refractivity contribution in [3.8, 4) is 11.5 Å². The molecule has 0 saturated carbocycles. The Morgan fingerprint density at radius 3 is 2.63 bits per heavy atom. The van der Waals surface area contributed by atoms with Gasteiger partial charge in [0.2, 0.25) is 0 Å². The average Bonchev–Trinajstić information content (AvgIpc) is 2.44. The lowest BCUT2D eigenvalue weighted by molar-refractivity contribution is 0.340. The molecule has 2 aromatic rings. The number of hydrogen-bond acceptors (Lipinski definition) is 2. The van der Waals surface area contributed by atoms with E-state index in [1.807, 2.05) is 31.2 Å². The number of rotatable bonds is 2. The molecule has 0 aliphatic heterocycles. The first kappa shape index (κ1) is 12.1. The Morgan fingerprint density at radius 1 is 1.16 bits per heavy atom. The standard InChI is InChI=1S/C17H18O2/c1-3-19-17-13-7-5-4-6-12(13)16(18)15-10-11(2)8-9-14(15)17/h4-8,18H,3,9-10H2,1-2H3. The summed E-state index contributed by atoms with van der Waals surface area (Å²) in [5, 5.41) is 12.4. The fourth-order valence-corrected chi connectivity index (χ4v) is 2.84. The Balaban J connectivity index is 2.35. The maximum atomic E-state index is 10.5. The first-order chi connectivity index (χ1) is 9.22. The molecule has 0 atom stereocenters. The summed E-state index contributed by atoms with van der Waals surface area (Å²) in [4.78, 5) is 0. The van der Waals surface area contributed by atoms with Gasteiger partial charge in [0.15, 0.2) is 0 Å². The normalized spacial score (nSPS) is 14.1. The minimum Gasteiger partial charge on any atom is -0.507 e. The second kappa shape index (κ2) is 4.61. The van der Waals surface area contributed by atoms with E-state index >= 15 is 0 Å². The number of fused-ring (bicyclic) bond motifs is 2. The molecule has 1 aliphatic carbocycles. The second-order valence-corrected chi connectivity index (χ2v) is 5.04. The molecule has 1 N–H and O–H groups in total. The van der Waals surface area contributed by atoms with Crippen molar-refractivity contribution in [3.63, 3.8) is 0 Å². The maximum Gasteiger partial charge on any atom is 0.131 e. The van der Waals surface area contributed by atoms with Crippen LogP contribution in [-0.2, 0) is 12.8 Å². The van der Waals surface area contributed by atoms with E-state index in [2.05, 4.69) is 13.0 Å². The molecule has 0 spiro atoms. The highest BCUT2D eigenvalue weighted by Crippen LogP contribution is 2.43. The van der Waals surface area contributed by atoms with E-state index < -0.39 is 0 Å². The van der Waals surface area contributed by atoms with Gasteiger partial charge in [-0.25, -0.2) is 0 Å². The molecule has 0 radical (unpaired) electrons. The molecule has 1 aliphatic rings. The van der Waals surface area contributed by atoms with Crippen LogP contribution in [0.4, 0.5) is 0 Å². The molecule has 0 saturated heterocycles. The minimum atomic E-state index is 0.418. The number of aromatic hydroxyl groups is 1. The molecule has 98 valence electrons. The van der Waals surface area contributed by atoms with Crippen LogP contribution >= 0.6 is 0 Å². The highest BCUT2D eigenvalue weighted by atomic mass is 16.5. The third-order valence-corrected chi connectivity index (χ3v) is 3.75. The van der Waals surface area contributed by atoms with Gasteiger partial charge in [0.1, 0.15) is 11.5 Å². The monoisotopic (exact) mass is 254 g/mol. The van der Waals surface area contributed by atoms with Gasteiger partial charge in [-0.05, 0) is 26.7 Å². The molecule has 0 heterocycles. The van der Waals surface area contributed by atoms with Gasteiger partial charge in [-0.2, -0.15) is 0 Å². The summed E-state index contributed by atoms with van der Waals surface area (Å²) >= 11 is 0. The van der Waals surface area contributed by atoms with Crippen molar-refractivity contribution in [1.29, 1.82) is 0 Å². The quantitative estimate of drug-likeness (QED) is 0.821. The smallest absolute Gasteiger partial charge is 0.131 e. The first-order valence-corrected chi connectivity index (χ1v) is 6.76. The molecule has 0 amide bonds. The number of benzene rings is 2. The number of hydrogen-bond donors (Lipinski definition) is 1. The molecule has 2 heteroatoms. The van der Waals surface area contributed by atoms with Crippen LogP contribution in [0.3, 0.4) is 0 Å². The maximum absolute atomic E-state index is 10.5. The summed E-state index contributed by atoms with van der Waals surface area (Å²) in [6.07, 6.45) is 3.88. The molecule has 0 aromatic heterocycles. The molecule has 0 fully saturated rings. The molecule has 3 rings (SSSR count). The fourth-order valence-electron chi connectivity index (χ4n) is 2.84. The first-order valence-electron chi connectivity index (χ1n) is 6.76. The average molecular weight is 254 g/mol. The fraction of sp³-hybridized carbons (Fsp3) is 0.294. The van der Waals surface area contributed by atoms with E-state index in [0.717, 1.165) is 40.5 Å². The third kappa shape index (κ3) is 1.88. The lowest BCUT2D eigenvalue weighted by atomic mass is 9.88. The van der Waals surface area contributed by atoms with Crippen LogP contribution in [0.15, 0.2) is 35.9 Å². The zero-order chi connectivity index (χ0) is 13.4. The molecule has 19 heavy (non-hydrogen) atoms. The van der Waals surface area contributed by atoms with Crippen LogP contribution in [0, 0.1) is 0 Å². The van der Waals surface area contributed by atoms with Crippen molar-refractivity contribution < 1.29 is 9.84 Å². The van der Waals surface area contributed by atoms with Crippen LogP contribution in [0.2, 0.25) is 0 Å². The van der Waals surface area contributed by atoms with Gasteiger partial charge in [-0.15, -0.1) is 0 Å². The van der Waals surface area contributed by atoms with Gasteiger partial charge >= 0.3 is 0 Å². The second-order valence-electron chi connectivity index (χ2n) is 5.04. The Morgan fingerprint density at radius 2 is 1.89 bits per heavy atom. The number of ether oxygens (including phenoxy) is 1. The molecular formula is C17H18O2. The highest BCUT2D eigenvalue weighted by Gasteiger charge is 2.21. The van der Waals surface area contributed by atoms with Crippen LogP contribution in [0.1, 0.15) is 25.0 Å².